The molecule has 1 heterocycles. The summed E-state index contributed by atoms with van der Waals surface area (Å²) in [4.78, 5) is 35.8. The van der Waals surface area contributed by atoms with Crippen molar-refractivity contribution in [2.45, 2.75) is 45.6 Å². The molecule has 0 spiro atoms. The minimum atomic E-state index is -1.20. The van der Waals surface area contributed by atoms with Crippen molar-refractivity contribution in [3.8, 4) is 0 Å². The fourth-order valence-corrected chi connectivity index (χ4v) is 3.72. The van der Waals surface area contributed by atoms with E-state index in [0.29, 0.717) is 10.6 Å². The van der Waals surface area contributed by atoms with Crippen molar-refractivity contribution in [2.75, 3.05) is 5.32 Å². The number of anilines is 1. The number of aryl methyl sites for hydroxylation is 1. The Kier molecular flexibility index (Phi) is 5.54. The molecule has 0 aromatic carbocycles. The van der Waals surface area contributed by atoms with Crippen molar-refractivity contribution in [3.05, 3.63) is 28.2 Å². The number of aliphatic carboxylic acids is 1. The number of carbonyl (C=O) groups is 3. The molecule has 7 heteroatoms. The van der Waals surface area contributed by atoms with E-state index in [1.54, 1.807) is 13.8 Å². The van der Waals surface area contributed by atoms with Crippen LogP contribution in [0.25, 0.3) is 0 Å². The Morgan fingerprint density at radius 3 is 2.57 bits per heavy atom. The van der Waals surface area contributed by atoms with Gasteiger partial charge in [-0.15, -0.1) is 11.3 Å². The van der Waals surface area contributed by atoms with Crippen LogP contribution in [0.2, 0.25) is 0 Å². The van der Waals surface area contributed by atoms with E-state index >= 15 is 0 Å². The van der Waals surface area contributed by atoms with E-state index in [-0.39, 0.29) is 6.10 Å². The van der Waals surface area contributed by atoms with Gasteiger partial charge in [-0.25, -0.2) is 9.59 Å². The van der Waals surface area contributed by atoms with Crippen LogP contribution < -0.4 is 5.32 Å². The van der Waals surface area contributed by atoms with Crippen molar-refractivity contribution >= 4 is 34.2 Å². The number of carbonyl (C=O) groups excluding carboxylic acids is 2. The molecular formula is C16H19NO5S. The molecule has 2 N–H and O–H groups in total. The first-order chi connectivity index (χ1) is 10.9. The number of nitrogens with one attached hydrogen (secondary N) is 1. The quantitative estimate of drug-likeness (QED) is 0.636. The summed E-state index contributed by atoms with van der Waals surface area (Å²) in [5.74, 6) is -2.23. The summed E-state index contributed by atoms with van der Waals surface area (Å²) in [6, 6.07) is 0. The van der Waals surface area contributed by atoms with Gasteiger partial charge in [-0.1, -0.05) is 0 Å². The Balaban J connectivity index is 2.30. The normalized spacial score (nSPS) is 13.9. The number of carboxylic acid groups (broad SMARTS) is 1. The SMILES string of the molecule is CC(C)OC(=O)c1c(NC(=O)C=CC(=O)O)sc2c1CCCC2. The van der Waals surface area contributed by atoms with Gasteiger partial charge in [0.25, 0.3) is 0 Å². The van der Waals surface area contributed by atoms with Gasteiger partial charge in [-0.05, 0) is 45.1 Å². The summed E-state index contributed by atoms with van der Waals surface area (Å²) in [5.41, 5.74) is 1.36. The summed E-state index contributed by atoms with van der Waals surface area (Å²) in [6.45, 7) is 3.54. The maximum absolute atomic E-state index is 12.4. The predicted molar refractivity (Wildman–Crippen MR) is 86.9 cm³/mol. The van der Waals surface area contributed by atoms with Crippen LogP contribution >= 0.6 is 11.3 Å². The monoisotopic (exact) mass is 337 g/mol. The Morgan fingerprint density at radius 1 is 1.22 bits per heavy atom. The molecule has 1 aromatic heterocycles. The molecule has 1 aliphatic carbocycles. The number of hydrogen-bond acceptors (Lipinski definition) is 5. The van der Waals surface area contributed by atoms with Gasteiger partial charge in [0.15, 0.2) is 0 Å². The highest BCUT2D eigenvalue weighted by molar-refractivity contribution is 7.17. The summed E-state index contributed by atoms with van der Waals surface area (Å²) in [5, 5.41) is 11.6. The lowest BCUT2D eigenvalue weighted by Crippen LogP contribution is -2.17. The van der Waals surface area contributed by atoms with Gasteiger partial charge in [0.1, 0.15) is 5.00 Å². The number of ether oxygens (including phenoxy) is 1. The molecule has 0 atom stereocenters. The number of rotatable bonds is 5. The molecule has 23 heavy (non-hydrogen) atoms. The average Bonchev–Trinajstić information content (AvgIpc) is 2.82. The molecule has 2 rings (SSSR count). The van der Waals surface area contributed by atoms with Gasteiger partial charge in [0, 0.05) is 17.0 Å². The number of esters is 1. The molecule has 0 bridgehead atoms. The van der Waals surface area contributed by atoms with Crippen LogP contribution in [0, 0.1) is 0 Å². The molecule has 1 amide bonds. The summed E-state index contributed by atoms with van der Waals surface area (Å²) in [7, 11) is 0. The topological polar surface area (TPSA) is 92.7 Å². The smallest absolute Gasteiger partial charge is 0.341 e. The fraction of sp³-hybridized carbons (Fsp3) is 0.438. The summed E-state index contributed by atoms with van der Waals surface area (Å²) < 4.78 is 5.29. The molecule has 124 valence electrons. The fourth-order valence-electron chi connectivity index (χ4n) is 2.44. The second kappa shape index (κ2) is 7.41. The molecule has 1 aliphatic rings. The Hall–Kier alpha value is -2.15. The first-order valence-corrected chi connectivity index (χ1v) is 8.27. The van der Waals surface area contributed by atoms with E-state index in [0.717, 1.165) is 48.3 Å². The third-order valence-corrected chi connectivity index (χ3v) is 4.54. The van der Waals surface area contributed by atoms with E-state index in [2.05, 4.69) is 5.32 Å². The van der Waals surface area contributed by atoms with Gasteiger partial charge >= 0.3 is 11.9 Å². The van der Waals surface area contributed by atoms with Gasteiger partial charge in [0.2, 0.25) is 5.91 Å². The highest BCUT2D eigenvalue weighted by Crippen LogP contribution is 2.38. The molecule has 0 saturated heterocycles. The Labute approximate surface area is 138 Å². The number of fused-ring (bicyclic) bond motifs is 1. The van der Waals surface area contributed by atoms with E-state index in [1.807, 2.05) is 0 Å². The Bertz CT molecular complexity index is 660. The second-order valence-electron chi connectivity index (χ2n) is 5.53. The van der Waals surface area contributed by atoms with Gasteiger partial charge < -0.3 is 15.2 Å². The molecular weight excluding hydrogens is 318 g/mol. The molecule has 0 saturated carbocycles. The number of amides is 1. The van der Waals surface area contributed by atoms with Crippen LogP contribution in [0.5, 0.6) is 0 Å². The summed E-state index contributed by atoms with van der Waals surface area (Å²) >= 11 is 1.37. The van der Waals surface area contributed by atoms with Crippen molar-refractivity contribution in [1.82, 2.24) is 0 Å². The van der Waals surface area contributed by atoms with E-state index in [4.69, 9.17) is 9.84 Å². The minimum Gasteiger partial charge on any atom is -0.478 e. The van der Waals surface area contributed by atoms with E-state index in [1.165, 1.54) is 11.3 Å². The molecule has 0 fully saturated rings. The van der Waals surface area contributed by atoms with E-state index in [9.17, 15) is 14.4 Å². The maximum atomic E-state index is 12.4. The zero-order valence-corrected chi connectivity index (χ0v) is 13.9. The number of thiophene rings is 1. The third-order valence-electron chi connectivity index (χ3n) is 3.33. The molecule has 6 nitrogen and oxygen atoms in total. The zero-order chi connectivity index (χ0) is 17.0. The Morgan fingerprint density at radius 2 is 1.91 bits per heavy atom. The maximum Gasteiger partial charge on any atom is 0.341 e. The van der Waals surface area contributed by atoms with E-state index < -0.39 is 17.8 Å². The van der Waals surface area contributed by atoms with Gasteiger partial charge in [0.05, 0.1) is 11.7 Å². The van der Waals surface area contributed by atoms with Crippen molar-refractivity contribution in [1.29, 1.82) is 0 Å². The second-order valence-corrected chi connectivity index (χ2v) is 6.64. The molecule has 0 unspecified atom stereocenters. The summed E-state index contributed by atoms with van der Waals surface area (Å²) in [6.07, 6.45) is 5.15. The van der Waals surface area contributed by atoms with Crippen LogP contribution in [0.3, 0.4) is 0 Å². The van der Waals surface area contributed by atoms with Crippen LogP contribution in [-0.4, -0.2) is 29.1 Å². The molecule has 0 aliphatic heterocycles. The zero-order valence-electron chi connectivity index (χ0n) is 13.0. The minimum absolute atomic E-state index is 0.253. The van der Waals surface area contributed by atoms with Crippen molar-refractivity contribution < 1.29 is 24.2 Å². The lowest BCUT2D eigenvalue weighted by atomic mass is 9.95. The first kappa shape index (κ1) is 17.2. The predicted octanol–water partition coefficient (Wildman–Crippen LogP) is 2.77. The third kappa shape index (κ3) is 4.41. The van der Waals surface area contributed by atoms with Crippen molar-refractivity contribution in [3.63, 3.8) is 0 Å². The van der Waals surface area contributed by atoms with Crippen molar-refractivity contribution in [2.24, 2.45) is 0 Å². The van der Waals surface area contributed by atoms with Gasteiger partial charge in [-0.2, -0.15) is 0 Å². The average molecular weight is 337 g/mol. The lowest BCUT2D eigenvalue weighted by molar-refractivity contribution is -0.131. The highest BCUT2D eigenvalue weighted by Gasteiger charge is 2.27. The molecule has 1 aromatic rings. The van der Waals surface area contributed by atoms with Crippen LogP contribution in [0.1, 0.15) is 47.5 Å². The number of carboxylic acids is 1. The van der Waals surface area contributed by atoms with Gasteiger partial charge in [-0.3, -0.25) is 4.79 Å². The van der Waals surface area contributed by atoms with Crippen LogP contribution in [0.15, 0.2) is 12.2 Å². The highest BCUT2D eigenvalue weighted by atomic mass is 32.1. The first-order valence-electron chi connectivity index (χ1n) is 7.46. The largest absolute Gasteiger partial charge is 0.478 e. The van der Waals surface area contributed by atoms with Crippen LogP contribution in [0.4, 0.5) is 5.00 Å². The number of hydrogen-bond donors (Lipinski definition) is 2. The van der Waals surface area contributed by atoms with Crippen LogP contribution in [-0.2, 0) is 27.2 Å². The lowest BCUT2D eigenvalue weighted by Gasteiger charge is -2.14. The standard InChI is InChI=1S/C16H19NO5S/c1-9(2)22-16(21)14-10-5-3-4-6-11(10)23-15(14)17-12(18)7-8-13(19)20/h7-9H,3-6H2,1-2H3,(H,17,18)(H,19,20). The molecule has 0 radical (unpaired) electrons.